The molecular weight excluding hydrogens is 340 g/mol. The van der Waals surface area contributed by atoms with Crippen LogP contribution in [0, 0.1) is 0 Å². The highest BCUT2D eigenvalue weighted by atomic mass is 32.1. The molecule has 0 spiro atoms. The molecule has 4 heterocycles. The predicted octanol–water partition coefficient (Wildman–Crippen LogP) is 2.77. The zero-order valence-corrected chi connectivity index (χ0v) is 14.0. The maximum Gasteiger partial charge on any atom is 0.275 e. The quantitative estimate of drug-likeness (QED) is 0.598. The summed E-state index contributed by atoms with van der Waals surface area (Å²) in [4.78, 5) is 22.7. The number of nitrogens with one attached hydrogen (secondary N) is 1. The van der Waals surface area contributed by atoms with Crippen LogP contribution in [0.15, 0.2) is 41.6 Å². The van der Waals surface area contributed by atoms with Crippen LogP contribution >= 0.6 is 11.3 Å². The number of aromatic nitrogens is 3. The minimum Gasteiger partial charge on any atom is -0.454 e. The van der Waals surface area contributed by atoms with E-state index in [4.69, 9.17) is 9.47 Å². The Morgan fingerprint density at radius 2 is 2.08 bits per heavy atom. The standard InChI is InChI=1S/C17H12N4O3S/c1-18-10-4-5-19-16-13(10)14-15(25-16)17(22)21(7-20-14)9-2-3-11-12(6-9)24-8-23-11/h2-7H,8H2,1H3,(H,18,19). The van der Waals surface area contributed by atoms with Crippen LogP contribution in [-0.4, -0.2) is 28.4 Å². The van der Waals surface area contributed by atoms with Gasteiger partial charge in [-0.3, -0.25) is 9.36 Å². The maximum absolute atomic E-state index is 13.0. The van der Waals surface area contributed by atoms with Crippen LogP contribution in [0.1, 0.15) is 0 Å². The van der Waals surface area contributed by atoms with Crippen molar-refractivity contribution in [3.8, 4) is 17.2 Å². The molecule has 7 nitrogen and oxygen atoms in total. The molecule has 0 unspecified atom stereocenters. The second kappa shape index (κ2) is 5.18. The van der Waals surface area contributed by atoms with E-state index in [0.717, 1.165) is 15.9 Å². The van der Waals surface area contributed by atoms with Crippen LogP contribution in [0.4, 0.5) is 5.69 Å². The van der Waals surface area contributed by atoms with E-state index in [1.54, 1.807) is 24.7 Å². The molecule has 124 valence electrons. The number of benzene rings is 1. The van der Waals surface area contributed by atoms with Gasteiger partial charge in [0.1, 0.15) is 15.9 Å². The average molecular weight is 352 g/mol. The molecule has 0 saturated carbocycles. The molecule has 1 N–H and O–H groups in total. The zero-order chi connectivity index (χ0) is 17.0. The fourth-order valence-electron chi connectivity index (χ4n) is 2.98. The second-order valence-electron chi connectivity index (χ2n) is 5.53. The van der Waals surface area contributed by atoms with Gasteiger partial charge >= 0.3 is 0 Å². The number of thiophene rings is 1. The number of hydrogen-bond acceptors (Lipinski definition) is 7. The van der Waals surface area contributed by atoms with Gasteiger partial charge in [-0.15, -0.1) is 11.3 Å². The van der Waals surface area contributed by atoms with Crippen LogP contribution in [0.3, 0.4) is 0 Å². The lowest BCUT2D eigenvalue weighted by Crippen LogP contribution is -2.17. The van der Waals surface area contributed by atoms with Gasteiger partial charge in [-0.25, -0.2) is 9.97 Å². The van der Waals surface area contributed by atoms with Crippen molar-refractivity contribution in [1.29, 1.82) is 0 Å². The van der Waals surface area contributed by atoms with Crippen molar-refractivity contribution in [3.05, 3.63) is 47.1 Å². The Kier molecular flexibility index (Phi) is 2.95. The number of anilines is 1. The number of pyridine rings is 1. The molecule has 3 aromatic heterocycles. The number of rotatable bonds is 2. The molecule has 25 heavy (non-hydrogen) atoms. The van der Waals surface area contributed by atoms with Crippen molar-refractivity contribution >= 4 is 37.5 Å². The summed E-state index contributed by atoms with van der Waals surface area (Å²) >= 11 is 1.35. The van der Waals surface area contributed by atoms with Crippen molar-refractivity contribution in [2.45, 2.75) is 0 Å². The summed E-state index contributed by atoms with van der Waals surface area (Å²) in [6.45, 7) is 0.194. The fraction of sp³-hybridized carbons (Fsp3) is 0.118. The van der Waals surface area contributed by atoms with E-state index >= 15 is 0 Å². The lowest BCUT2D eigenvalue weighted by Gasteiger charge is -2.06. The van der Waals surface area contributed by atoms with Crippen LogP contribution in [0.25, 0.3) is 26.1 Å². The molecule has 1 aliphatic heterocycles. The summed E-state index contributed by atoms with van der Waals surface area (Å²) in [5.74, 6) is 1.30. The lowest BCUT2D eigenvalue weighted by atomic mass is 10.2. The molecular formula is C17H12N4O3S. The highest BCUT2D eigenvalue weighted by Gasteiger charge is 2.18. The molecule has 8 heteroatoms. The first-order chi connectivity index (χ1) is 12.3. The number of ether oxygens (including phenoxy) is 2. The van der Waals surface area contributed by atoms with Crippen molar-refractivity contribution in [2.75, 3.05) is 19.2 Å². The van der Waals surface area contributed by atoms with Crippen LogP contribution in [-0.2, 0) is 0 Å². The van der Waals surface area contributed by atoms with E-state index in [1.807, 2.05) is 19.2 Å². The number of fused-ring (bicyclic) bond motifs is 4. The molecule has 1 aliphatic rings. The largest absolute Gasteiger partial charge is 0.454 e. The first-order valence-electron chi connectivity index (χ1n) is 7.63. The van der Waals surface area contributed by atoms with Gasteiger partial charge in [0.2, 0.25) is 6.79 Å². The van der Waals surface area contributed by atoms with Crippen molar-refractivity contribution < 1.29 is 9.47 Å². The number of hydrogen-bond donors (Lipinski definition) is 1. The third-order valence-electron chi connectivity index (χ3n) is 4.19. The van der Waals surface area contributed by atoms with Gasteiger partial charge in [0.05, 0.1) is 16.6 Å². The Morgan fingerprint density at radius 3 is 2.96 bits per heavy atom. The second-order valence-corrected chi connectivity index (χ2v) is 6.52. The molecule has 0 atom stereocenters. The molecule has 4 aromatic rings. The predicted molar refractivity (Wildman–Crippen MR) is 96.2 cm³/mol. The first kappa shape index (κ1) is 14.2. The van der Waals surface area contributed by atoms with Gasteiger partial charge in [-0.05, 0) is 18.2 Å². The zero-order valence-electron chi connectivity index (χ0n) is 13.1. The van der Waals surface area contributed by atoms with E-state index in [2.05, 4.69) is 15.3 Å². The smallest absolute Gasteiger partial charge is 0.275 e. The Labute approximate surface area is 145 Å². The minimum absolute atomic E-state index is 0.131. The Hall–Kier alpha value is -3.13. The minimum atomic E-state index is -0.131. The fourth-order valence-corrected chi connectivity index (χ4v) is 4.03. The molecule has 5 rings (SSSR count). The summed E-state index contributed by atoms with van der Waals surface area (Å²) in [7, 11) is 1.84. The monoisotopic (exact) mass is 352 g/mol. The van der Waals surface area contributed by atoms with E-state index in [-0.39, 0.29) is 12.4 Å². The van der Waals surface area contributed by atoms with E-state index in [0.29, 0.717) is 27.4 Å². The van der Waals surface area contributed by atoms with Gasteiger partial charge in [0, 0.05) is 25.0 Å². The van der Waals surface area contributed by atoms with Crippen molar-refractivity contribution in [1.82, 2.24) is 14.5 Å². The van der Waals surface area contributed by atoms with E-state index in [9.17, 15) is 4.79 Å². The molecule has 0 saturated heterocycles. The van der Waals surface area contributed by atoms with Crippen molar-refractivity contribution in [2.24, 2.45) is 0 Å². The summed E-state index contributed by atoms with van der Waals surface area (Å²) < 4.78 is 12.8. The third kappa shape index (κ3) is 2.01. The SMILES string of the molecule is CNc1ccnc2sc3c(=O)n(-c4ccc5c(c4)OCO5)cnc3c12. The molecule has 0 fully saturated rings. The van der Waals surface area contributed by atoms with Gasteiger partial charge < -0.3 is 14.8 Å². The van der Waals surface area contributed by atoms with Gasteiger partial charge in [0.15, 0.2) is 11.5 Å². The van der Waals surface area contributed by atoms with Crippen LogP contribution in [0.2, 0.25) is 0 Å². The third-order valence-corrected chi connectivity index (χ3v) is 5.26. The Morgan fingerprint density at radius 1 is 1.20 bits per heavy atom. The Balaban J connectivity index is 1.77. The summed E-state index contributed by atoms with van der Waals surface area (Å²) in [6, 6.07) is 7.26. The van der Waals surface area contributed by atoms with Gasteiger partial charge in [-0.1, -0.05) is 0 Å². The number of nitrogens with zero attached hydrogens (tertiary/aromatic N) is 3. The molecule has 0 amide bonds. The Bertz CT molecular complexity index is 1200. The maximum atomic E-state index is 13.0. The summed E-state index contributed by atoms with van der Waals surface area (Å²) in [6.07, 6.45) is 3.26. The first-order valence-corrected chi connectivity index (χ1v) is 8.44. The van der Waals surface area contributed by atoms with Gasteiger partial charge in [-0.2, -0.15) is 0 Å². The van der Waals surface area contributed by atoms with E-state index < -0.39 is 0 Å². The highest BCUT2D eigenvalue weighted by Crippen LogP contribution is 2.35. The van der Waals surface area contributed by atoms with Crippen LogP contribution in [0.5, 0.6) is 11.5 Å². The van der Waals surface area contributed by atoms with Gasteiger partial charge in [0.25, 0.3) is 5.56 Å². The average Bonchev–Trinajstić information content (AvgIpc) is 3.25. The molecule has 1 aromatic carbocycles. The summed E-state index contributed by atoms with van der Waals surface area (Å²) in [5, 5.41) is 4.00. The van der Waals surface area contributed by atoms with Crippen molar-refractivity contribution in [3.63, 3.8) is 0 Å². The topological polar surface area (TPSA) is 78.3 Å². The van der Waals surface area contributed by atoms with E-state index in [1.165, 1.54) is 15.9 Å². The molecule has 0 aliphatic carbocycles. The molecule has 0 radical (unpaired) electrons. The lowest BCUT2D eigenvalue weighted by molar-refractivity contribution is 0.174. The molecule has 0 bridgehead atoms. The van der Waals surface area contributed by atoms with Crippen LogP contribution < -0.4 is 20.3 Å². The summed E-state index contributed by atoms with van der Waals surface area (Å²) in [5.41, 5.74) is 2.13. The normalized spacial score (nSPS) is 12.8. The highest BCUT2D eigenvalue weighted by molar-refractivity contribution is 7.25.